The Kier molecular flexibility index (Phi) is 4.33. The molecule has 0 saturated carbocycles. The van der Waals surface area contributed by atoms with E-state index in [0.717, 1.165) is 10.9 Å². The zero-order valence-corrected chi connectivity index (χ0v) is 14.6. The number of pyridine rings is 2. The summed E-state index contributed by atoms with van der Waals surface area (Å²) < 4.78 is 15.0. The number of nitrogens with one attached hydrogen (secondary N) is 1. The second kappa shape index (κ2) is 6.95. The van der Waals surface area contributed by atoms with Crippen molar-refractivity contribution in [2.45, 2.75) is 13.5 Å². The van der Waals surface area contributed by atoms with Gasteiger partial charge in [0.05, 0.1) is 16.8 Å². The van der Waals surface area contributed by atoms with Crippen molar-refractivity contribution in [3.05, 3.63) is 83.7 Å². The Morgan fingerprint density at radius 3 is 2.85 bits per heavy atom. The van der Waals surface area contributed by atoms with E-state index < -0.39 is 0 Å². The molecule has 1 amide bonds. The van der Waals surface area contributed by atoms with Gasteiger partial charge in [-0.15, -0.1) is 0 Å². The fourth-order valence-electron chi connectivity index (χ4n) is 2.81. The van der Waals surface area contributed by atoms with Gasteiger partial charge in [0.2, 0.25) is 0 Å². The summed E-state index contributed by atoms with van der Waals surface area (Å²) in [6.45, 7) is 2.08. The minimum Gasteiger partial charge on any atom is -0.348 e. The molecule has 3 heterocycles. The van der Waals surface area contributed by atoms with Crippen LogP contribution in [0.15, 0.2) is 61.1 Å². The summed E-state index contributed by atoms with van der Waals surface area (Å²) in [5, 5.41) is 7.71. The van der Waals surface area contributed by atoms with E-state index in [0.29, 0.717) is 29.1 Å². The topological polar surface area (TPSA) is 72.7 Å². The third kappa shape index (κ3) is 3.52. The van der Waals surface area contributed by atoms with Crippen molar-refractivity contribution in [3.8, 4) is 5.82 Å². The highest BCUT2D eigenvalue weighted by molar-refractivity contribution is 5.98. The Hall–Kier alpha value is -3.61. The zero-order valence-electron chi connectivity index (χ0n) is 14.6. The fraction of sp³-hybridized carbons (Fsp3) is 0.100. The molecular weight excluding hydrogens is 345 g/mol. The van der Waals surface area contributed by atoms with Crippen molar-refractivity contribution in [1.82, 2.24) is 25.1 Å². The lowest BCUT2D eigenvalue weighted by atomic mass is 10.1. The van der Waals surface area contributed by atoms with Crippen molar-refractivity contribution >= 4 is 16.8 Å². The Balaban J connectivity index is 1.48. The van der Waals surface area contributed by atoms with Gasteiger partial charge in [-0.3, -0.25) is 9.78 Å². The minimum atomic E-state index is -0.349. The molecule has 4 rings (SSSR count). The second-order valence-corrected chi connectivity index (χ2v) is 6.12. The average molecular weight is 361 g/mol. The molecule has 4 aromatic rings. The molecule has 0 saturated heterocycles. The first kappa shape index (κ1) is 16.8. The molecule has 7 heteroatoms. The standard InChI is InChI=1S/C20H16FN5O/c1-13-17(9-15-4-5-16(21)10-18(15)25-13)20(27)23-12-14-3-6-19(22-11-14)26-8-2-7-24-26/h2-11H,12H2,1H3,(H,23,27). The lowest BCUT2D eigenvalue weighted by molar-refractivity contribution is 0.0950. The van der Waals surface area contributed by atoms with Gasteiger partial charge in [-0.2, -0.15) is 5.10 Å². The van der Waals surface area contributed by atoms with Gasteiger partial charge < -0.3 is 5.32 Å². The number of fused-ring (bicyclic) bond motifs is 1. The predicted molar refractivity (Wildman–Crippen MR) is 99.0 cm³/mol. The van der Waals surface area contributed by atoms with E-state index in [-0.39, 0.29) is 11.7 Å². The Labute approximate surface area is 154 Å². The van der Waals surface area contributed by atoms with Gasteiger partial charge in [0.15, 0.2) is 5.82 Å². The molecule has 1 aromatic carbocycles. The van der Waals surface area contributed by atoms with E-state index in [1.807, 2.05) is 24.4 Å². The number of hydrogen-bond donors (Lipinski definition) is 1. The second-order valence-electron chi connectivity index (χ2n) is 6.12. The molecule has 0 aliphatic heterocycles. The Morgan fingerprint density at radius 2 is 2.11 bits per heavy atom. The molecule has 0 unspecified atom stereocenters. The van der Waals surface area contributed by atoms with Crippen LogP contribution in [0.2, 0.25) is 0 Å². The predicted octanol–water partition coefficient (Wildman–Crippen LogP) is 3.19. The van der Waals surface area contributed by atoms with Gasteiger partial charge in [0.25, 0.3) is 5.91 Å². The molecule has 6 nitrogen and oxygen atoms in total. The maximum Gasteiger partial charge on any atom is 0.253 e. The molecule has 0 atom stereocenters. The number of halogens is 1. The molecule has 0 bridgehead atoms. The highest BCUT2D eigenvalue weighted by Gasteiger charge is 2.12. The van der Waals surface area contributed by atoms with Gasteiger partial charge >= 0.3 is 0 Å². The quantitative estimate of drug-likeness (QED) is 0.606. The van der Waals surface area contributed by atoms with Gasteiger partial charge in [-0.1, -0.05) is 6.07 Å². The number of benzene rings is 1. The van der Waals surface area contributed by atoms with Crippen molar-refractivity contribution < 1.29 is 9.18 Å². The smallest absolute Gasteiger partial charge is 0.253 e. The van der Waals surface area contributed by atoms with E-state index in [4.69, 9.17) is 0 Å². The van der Waals surface area contributed by atoms with Crippen LogP contribution in [0.4, 0.5) is 4.39 Å². The van der Waals surface area contributed by atoms with Crippen LogP contribution in [0.3, 0.4) is 0 Å². The number of carbonyl (C=O) groups excluding carboxylic acids is 1. The number of amides is 1. The van der Waals surface area contributed by atoms with Crippen LogP contribution >= 0.6 is 0 Å². The summed E-state index contributed by atoms with van der Waals surface area (Å²) >= 11 is 0. The van der Waals surface area contributed by atoms with Crippen molar-refractivity contribution in [2.24, 2.45) is 0 Å². The van der Waals surface area contributed by atoms with Crippen molar-refractivity contribution in [2.75, 3.05) is 0 Å². The number of aryl methyl sites for hydroxylation is 1. The molecule has 27 heavy (non-hydrogen) atoms. The van der Waals surface area contributed by atoms with Gasteiger partial charge in [-0.05, 0) is 42.8 Å². The molecule has 0 radical (unpaired) electrons. The van der Waals surface area contributed by atoms with E-state index in [1.54, 1.807) is 36.1 Å². The Morgan fingerprint density at radius 1 is 1.22 bits per heavy atom. The third-order valence-electron chi connectivity index (χ3n) is 4.22. The number of carbonyl (C=O) groups is 1. The minimum absolute atomic E-state index is 0.234. The van der Waals surface area contributed by atoms with E-state index in [2.05, 4.69) is 20.4 Å². The van der Waals surface area contributed by atoms with Crippen LogP contribution in [0, 0.1) is 12.7 Å². The largest absolute Gasteiger partial charge is 0.348 e. The molecule has 0 aliphatic carbocycles. The number of nitrogens with zero attached hydrogens (tertiary/aromatic N) is 4. The molecule has 0 fully saturated rings. The van der Waals surface area contributed by atoms with Crippen LogP contribution in [0.25, 0.3) is 16.7 Å². The van der Waals surface area contributed by atoms with Gasteiger partial charge in [0, 0.05) is 36.6 Å². The van der Waals surface area contributed by atoms with E-state index in [9.17, 15) is 9.18 Å². The molecule has 134 valence electrons. The molecule has 1 N–H and O–H groups in total. The van der Waals surface area contributed by atoms with Crippen LogP contribution < -0.4 is 5.32 Å². The number of hydrogen-bond acceptors (Lipinski definition) is 4. The molecule has 3 aromatic heterocycles. The summed E-state index contributed by atoms with van der Waals surface area (Å²) in [7, 11) is 0. The first-order valence-corrected chi connectivity index (χ1v) is 8.40. The third-order valence-corrected chi connectivity index (χ3v) is 4.22. The van der Waals surface area contributed by atoms with E-state index in [1.165, 1.54) is 12.1 Å². The monoisotopic (exact) mass is 361 g/mol. The molecule has 0 aliphatic rings. The summed E-state index contributed by atoms with van der Waals surface area (Å²) in [4.78, 5) is 21.2. The van der Waals surface area contributed by atoms with Crippen LogP contribution in [-0.4, -0.2) is 25.7 Å². The number of aromatic nitrogens is 4. The lowest BCUT2D eigenvalue weighted by Crippen LogP contribution is -2.24. The number of rotatable bonds is 4. The van der Waals surface area contributed by atoms with Crippen LogP contribution in [0.1, 0.15) is 21.6 Å². The summed E-state index contributed by atoms with van der Waals surface area (Å²) in [6, 6.07) is 11.6. The summed E-state index contributed by atoms with van der Waals surface area (Å²) in [6.07, 6.45) is 5.20. The zero-order chi connectivity index (χ0) is 18.8. The molecular formula is C20H16FN5O. The normalized spacial score (nSPS) is 10.9. The lowest BCUT2D eigenvalue weighted by Gasteiger charge is -2.09. The highest BCUT2D eigenvalue weighted by Crippen LogP contribution is 2.18. The Bertz CT molecular complexity index is 1110. The highest BCUT2D eigenvalue weighted by atomic mass is 19.1. The fourth-order valence-corrected chi connectivity index (χ4v) is 2.81. The van der Waals surface area contributed by atoms with Crippen LogP contribution in [0.5, 0.6) is 0 Å². The average Bonchev–Trinajstić information content (AvgIpc) is 3.20. The first-order chi connectivity index (χ1) is 13.1. The first-order valence-electron chi connectivity index (χ1n) is 8.40. The van der Waals surface area contributed by atoms with Crippen molar-refractivity contribution in [3.63, 3.8) is 0 Å². The van der Waals surface area contributed by atoms with Gasteiger partial charge in [-0.25, -0.2) is 14.1 Å². The molecule has 0 spiro atoms. The van der Waals surface area contributed by atoms with E-state index >= 15 is 0 Å². The van der Waals surface area contributed by atoms with Crippen molar-refractivity contribution in [1.29, 1.82) is 0 Å². The maximum atomic E-state index is 13.3. The van der Waals surface area contributed by atoms with Gasteiger partial charge in [0.1, 0.15) is 5.82 Å². The van der Waals surface area contributed by atoms with Crippen LogP contribution in [-0.2, 0) is 6.54 Å². The maximum absolute atomic E-state index is 13.3. The summed E-state index contributed by atoms with van der Waals surface area (Å²) in [5.41, 5.74) is 2.42. The summed E-state index contributed by atoms with van der Waals surface area (Å²) in [5.74, 6) is 0.122. The SMILES string of the molecule is Cc1nc2cc(F)ccc2cc1C(=O)NCc1ccc(-n2cccn2)nc1.